The van der Waals surface area contributed by atoms with Gasteiger partial charge in [-0.3, -0.25) is 0 Å². The summed E-state index contributed by atoms with van der Waals surface area (Å²) in [5.41, 5.74) is -0.0300. The number of rotatable bonds is 8. The summed E-state index contributed by atoms with van der Waals surface area (Å²) < 4.78 is 91.1. The van der Waals surface area contributed by atoms with Gasteiger partial charge in [0.15, 0.2) is 5.82 Å². The molecule has 0 radical (unpaired) electrons. The van der Waals surface area contributed by atoms with Gasteiger partial charge in [-0.25, -0.2) is 27.0 Å². The average Bonchev–Trinajstić information content (AvgIpc) is 3.29. The smallest absolute Gasteiger partial charge is 0.430 e. The number of carbonyl (C=O) groups excluding carboxylic acids is 1. The van der Waals surface area contributed by atoms with Crippen LogP contribution in [0.4, 0.5) is 33.9 Å². The molecule has 15 heteroatoms. The number of hydrogen-bond acceptors (Lipinski definition) is 8. The Balaban J connectivity index is 1.97. The van der Waals surface area contributed by atoms with Gasteiger partial charge >= 0.3 is 12.7 Å². The average molecular weight is 596 g/mol. The summed E-state index contributed by atoms with van der Waals surface area (Å²) in [6.45, 7) is 2.88. The molecule has 3 aromatic rings. The van der Waals surface area contributed by atoms with Crippen molar-refractivity contribution in [3.05, 3.63) is 63.4 Å². The van der Waals surface area contributed by atoms with Crippen LogP contribution in [0.2, 0.25) is 5.02 Å². The highest BCUT2D eigenvalue weighted by atomic mass is 35.5. The van der Waals surface area contributed by atoms with Crippen LogP contribution in [0.3, 0.4) is 0 Å². The molecule has 1 heterocycles. The SMILES string of the molecule is C[C@H](Nc1cc(F)c(S(=O)(=O)N(C(=O)OC(C)(C)C)c2cscn2)cc1Cl)c1cc(OC(F)F)ccc1F. The Morgan fingerprint density at radius 3 is 2.42 bits per heavy atom. The van der Waals surface area contributed by atoms with Crippen molar-refractivity contribution in [1.29, 1.82) is 0 Å². The molecule has 2 aromatic carbocycles. The van der Waals surface area contributed by atoms with E-state index in [-0.39, 0.29) is 32.1 Å². The van der Waals surface area contributed by atoms with E-state index in [1.807, 2.05) is 0 Å². The van der Waals surface area contributed by atoms with Gasteiger partial charge in [0.25, 0.3) is 10.0 Å². The number of thiazole rings is 1. The van der Waals surface area contributed by atoms with Gasteiger partial charge in [0, 0.05) is 10.9 Å². The minimum atomic E-state index is -4.90. The molecular weight excluding hydrogens is 574 g/mol. The van der Waals surface area contributed by atoms with E-state index in [1.165, 1.54) is 38.6 Å². The number of alkyl halides is 2. The van der Waals surface area contributed by atoms with E-state index in [2.05, 4.69) is 15.0 Å². The molecule has 0 bridgehead atoms. The lowest BCUT2D eigenvalue weighted by molar-refractivity contribution is -0.0499. The highest BCUT2D eigenvalue weighted by Crippen LogP contribution is 2.35. The van der Waals surface area contributed by atoms with Gasteiger partial charge in [-0.05, 0) is 58.0 Å². The largest absolute Gasteiger partial charge is 0.443 e. The molecule has 1 N–H and O–H groups in total. The van der Waals surface area contributed by atoms with Crippen LogP contribution in [-0.2, 0) is 14.8 Å². The first-order valence-electron chi connectivity index (χ1n) is 10.8. The van der Waals surface area contributed by atoms with Gasteiger partial charge in [-0.2, -0.15) is 8.78 Å². The van der Waals surface area contributed by atoms with Crippen molar-refractivity contribution < 1.29 is 40.2 Å². The quantitative estimate of drug-likeness (QED) is 0.281. The van der Waals surface area contributed by atoms with Crippen molar-refractivity contribution in [1.82, 2.24) is 4.98 Å². The van der Waals surface area contributed by atoms with Crippen molar-refractivity contribution in [2.75, 3.05) is 9.62 Å². The van der Waals surface area contributed by atoms with E-state index >= 15 is 4.39 Å². The fourth-order valence-electron chi connectivity index (χ4n) is 3.20. The summed E-state index contributed by atoms with van der Waals surface area (Å²) in [6.07, 6.45) is -1.31. The Morgan fingerprint density at radius 2 is 1.84 bits per heavy atom. The van der Waals surface area contributed by atoms with E-state index in [9.17, 15) is 26.4 Å². The molecular formula is C23H22ClF4N3O5S2. The zero-order valence-corrected chi connectivity index (χ0v) is 22.7. The fourth-order valence-corrected chi connectivity index (χ4v) is 5.42. The monoisotopic (exact) mass is 595 g/mol. The lowest BCUT2D eigenvalue weighted by Gasteiger charge is -2.26. The second-order valence-electron chi connectivity index (χ2n) is 8.79. The second kappa shape index (κ2) is 11.3. The van der Waals surface area contributed by atoms with Crippen molar-refractivity contribution in [3.63, 3.8) is 0 Å². The standard InChI is InChI=1S/C23H22ClF4N3O5S2/c1-12(14-7-13(35-21(27)28)5-6-16(14)25)30-18-9-17(26)19(8-15(18)24)38(33,34)31(20-10-37-11-29-20)22(32)36-23(2,3)4/h5-12,21,30H,1-4H3/t12-/m0/s1. The highest BCUT2D eigenvalue weighted by molar-refractivity contribution is 7.93. The summed E-state index contributed by atoms with van der Waals surface area (Å²) in [5.74, 6) is -2.66. The topological polar surface area (TPSA) is 97.8 Å². The van der Waals surface area contributed by atoms with Gasteiger partial charge < -0.3 is 14.8 Å². The molecule has 8 nitrogen and oxygen atoms in total. The third-order valence-corrected chi connectivity index (χ3v) is 7.33. The predicted molar refractivity (Wildman–Crippen MR) is 134 cm³/mol. The summed E-state index contributed by atoms with van der Waals surface area (Å²) in [5, 5.41) is 3.68. The minimum absolute atomic E-state index is 0.101. The molecule has 38 heavy (non-hydrogen) atoms. The first-order chi connectivity index (χ1) is 17.6. The van der Waals surface area contributed by atoms with Crippen LogP contribution >= 0.6 is 22.9 Å². The van der Waals surface area contributed by atoms with Gasteiger partial charge in [0.1, 0.15) is 27.9 Å². The van der Waals surface area contributed by atoms with E-state index < -0.39 is 50.9 Å². The number of sulfonamides is 1. The lowest BCUT2D eigenvalue weighted by Crippen LogP contribution is -2.41. The molecule has 3 rings (SSSR count). The van der Waals surface area contributed by atoms with Crippen LogP contribution in [-0.4, -0.2) is 31.7 Å². The zero-order chi connectivity index (χ0) is 28.4. The number of amides is 1. The maximum atomic E-state index is 15.2. The number of hydrogen-bond donors (Lipinski definition) is 1. The Morgan fingerprint density at radius 1 is 1.16 bits per heavy atom. The third kappa shape index (κ3) is 6.85. The third-order valence-electron chi connectivity index (χ3n) is 4.76. The van der Waals surface area contributed by atoms with Crippen molar-refractivity contribution in [2.45, 2.75) is 50.8 Å². The molecule has 0 aliphatic heterocycles. The molecule has 0 spiro atoms. The number of nitrogens with one attached hydrogen (secondary N) is 1. The van der Waals surface area contributed by atoms with Gasteiger partial charge in [-0.1, -0.05) is 11.6 Å². The van der Waals surface area contributed by atoms with Crippen molar-refractivity contribution in [3.8, 4) is 5.75 Å². The molecule has 0 unspecified atom stereocenters. The maximum Gasteiger partial charge on any atom is 0.430 e. The van der Waals surface area contributed by atoms with Gasteiger partial charge in [0.2, 0.25) is 0 Å². The summed E-state index contributed by atoms with van der Waals surface area (Å²) in [7, 11) is -4.90. The minimum Gasteiger partial charge on any atom is -0.443 e. The molecule has 0 aliphatic rings. The van der Waals surface area contributed by atoms with E-state index in [0.29, 0.717) is 0 Å². The zero-order valence-electron chi connectivity index (χ0n) is 20.3. The molecule has 0 saturated carbocycles. The van der Waals surface area contributed by atoms with Gasteiger partial charge in [0.05, 0.1) is 22.3 Å². The molecule has 0 fully saturated rings. The summed E-state index contributed by atoms with van der Waals surface area (Å²) in [6, 6.07) is 3.56. The number of ether oxygens (including phenoxy) is 2. The molecule has 0 aliphatic carbocycles. The van der Waals surface area contributed by atoms with Crippen LogP contribution in [0.5, 0.6) is 5.75 Å². The van der Waals surface area contributed by atoms with Crippen LogP contribution in [0.1, 0.15) is 39.3 Å². The Labute approximate surface area is 225 Å². The Hall–Kier alpha value is -3.10. The maximum absolute atomic E-state index is 15.2. The lowest BCUT2D eigenvalue weighted by atomic mass is 10.1. The predicted octanol–water partition coefficient (Wildman–Crippen LogP) is 6.98. The number of halogens is 5. The number of carbonyl (C=O) groups is 1. The second-order valence-corrected chi connectivity index (χ2v) is 11.7. The van der Waals surface area contributed by atoms with E-state index in [4.69, 9.17) is 16.3 Å². The number of aromatic nitrogens is 1. The van der Waals surface area contributed by atoms with Gasteiger partial charge in [-0.15, -0.1) is 15.6 Å². The number of anilines is 2. The Kier molecular flexibility index (Phi) is 8.79. The fraction of sp³-hybridized carbons (Fsp3) is 0.304. The van der Waals surface area contributed by atoms with Crippen LogP contribution in [0.25, 0.3) is 0 Å². The van der Waals surface area contributed by atoms with Crippen LogP contribution in [0, 0.1) is 11.6 Å². The molecule has 1 atom stereocenters. The highest BCUT2D eigenvalue weighted by Gasteiger charge is 2.38. The Bertz CT molecular complexity index is 1420. The first kappa shape index (κ1) is 29.5. The molecule has 1 amide bonds. The van der Waals surface area contributed by atoms with Crippen LogP contribution in [0.15, 0.2) is 46.1 Å². The van der Waals surface area contributed by atoms with Crippen molar-refractivity contribution in [2.24, 2.45) is 0 Å². The van der Waals surface area contributed by atoms with Crippen molar-refractivity contribution >= 4 is 50.6 Å². The first-order valence-corrected chi connectivity index (χ1v) is 13.5. The normalized spacial score (nSPS) is 12.8. The van der Waals surface area contributed by atoms with Crippen LogP contribution < -0.4 is 14.4 Å². The summed E-state index contributed by atoms with van der Waals surface area (Å²) >= 11 is 7.23. The van der Waals surface area contributed by atoms with E-state index in [0.717, 1.165) is 41.7 Å². The molecule has 1 aromatic heterocycles. The molecule has 206 valence electrons. The summed E-state index contributed by atoms with van der Waals surface area (Å²) in [4.78, 5) is 15.7. The number of nitrogens with zero attached hydrogens (tertiary/aromatic N) is 2. The number of benzene rings is 2. The van der Waals surface area contributed by atoms with E-state index in [1.54, 1.807) is 0 Å². The molecule has 0 saturated heterocycles.